The Labute approximate surface area is 223 Å². The minimum atomic E-state index is -1.13. The van der Waals surface area contributed by atoms with E-state index in [1.807, 2.05) is 13.8 Å². The third-order valence-corrected chi connectivity index (χ3v) is 8.13. The SMILES string of the molecule is CCC(C)(CC(C)(C)C(=O)CCC(=O)C(C)(C)CC(C)(CC(C)(CC)C(=O)OC)C(=O)OC)C(=O)OC. The van der Waals surface area contributed by atoms with Crippen LogP contribution >= 0.6 is 0 Å². The van der Waals surface area contributed by atoms with Gasteiger partial charge in [-0.05, 0) is 52.9 Å². The van der Waals surface area contributed by atoms with Gasteiger partial charge in [-0.3, -0.25) is 24.0 Å². The highest BCUT2D eigenvalue weighted by molar-refractivity contribution is 5.92. The van der Waals surface area contributed by atoms with E-state index in [1.165, 1.54) is 21.3 Å². The van der Waals surface area contributed by atoms with Crippen molar-refractivity contribution in [2.75, 3.05) is 21.3 Å². The lowest BCUT2D eigenvalue weighted by Crippen LogP contribution is -2.43. The molecule has 0 aromatic rings. The number of rotatable bonds is 16. The summed E-state index contributed by atoms with van der Waals surface area (Å²) in [6.45, 7) is 16.0. The molecule has 0 aromatic carbocycles. The van der Waals surface area contributed by atoms with Gasteiger partial charge in [-0.15, -0.1) is 0 Å². The molecule has 3 atom stereocenters. The number of hydrogen-bond donors (Lipinski definition) is 0. The predicted octanol–water partition coefficient (Wildman–Crippen LogP) is 5.49. The number of methoxy groups -OCH3 is 3. The van der Waals surface area contributed by atoms with E-state index in [0.717, 1.165) is 0 Å². The second-order valence-corrected chi connectivity index (χ2v) is 12.5. The van der Waals surface area contributed by atoms with Crippen molar-refractivity contribution in [3.05, 3.63) is 0 Å². The van der Waals surface area contributed by atoms with Crippen LogP contribution in [0.4, 0.5) is 0 Å². The Hall–Kier alpha value is -2.25. The first-order valence-corrected chi connectivity index (χ1v) is 13.1. The van der Waals surface area contributed by atoms with Gasteiger partial charge in [-0.25, -0.2) is 0 Å². The Morgan fingerprint density at radius 3 is 1.05 bits per heavy atom. The van der Waals surface area contributed by atoms with E-state index in [9.17, 15) is 24.0 Å². The minimum absolute atomic E-state index is 0.00955. The first kappa shape index (κ1) is 34.8. The molecule has 8 nitrogen and oxygen atoms in total. The maximum Gasteiger partial charge on any atom is 0.311 e. The monoisotopic (exact) mass is 526 g/mol. The zero-order valence-corrected chi connectivity index (χ0v) is 25.2. The van der Waals surface area contributed by atoms with Crippen molar-refractivity contribution in [1.29, 1.82) is 0 Å². The fraction of sp³-hybridized carbons (Fsp3) is 0.828. The Bertz CT molecular complexity index is 858. The van der Waals surface area contributed by atoms with Crippen LogP contribution in [0.5, 0.6) is 0 Å². The van der Waals surface area contributed by atoms with Crippen molar-refractivity contribution in [3.8, 4) is 0 Å². The second-order valence-electron chi connectivity index (χ2n) is 12.5. The van der Waals surface area contributed by atoms with Crippen molar-refractivity contribution in [2.24, 2.45) is 27.1 Å². The predicted molar refractivity (Wildman–Crippen MR) is 142 cm³/mol. The maximum atomic E-state index is 13.3. The molecule has 0 rings (SSSR count). The van der Waals surface area contributed by atoms with Crippen LogP contribution in [0, 0.1) is 27.1 Å². The Balaban J connectivity index is 5.70. The van der Waals surface area contributed by atoms with Crippen LogP contribution in [0.15, 0.2) is 0 Å². The van der Waals surface area contributed by atoms with Gasteiger partial charge < -0.3 is 14.2 Å². The van der Waals surface area contributed by atoms with Crippen molar-refractivity contribution < 1.29 is 38.2 Å². The van der Waals surface area contributed by atoms with Crippen LogP contribution in [-0.2, 0) is 38.2 Å². The number of Topliss-reactive ketones (excluding diaryl/α,β-unsaturated/α-hetero) is 2. The molecule has 0 amide bonds. The molecule has 0 aliphatic rings. The van der Waals surface area contributed by atoms with E-state index in [1.54, 1.807) is 48.5 Å². The molecule has 0 fully saturated rings. The zero-order valence-electron chi connectivity index (χ0n) is 25.2. The fourth-order valence-corrected chi connectivity index (χ4v) is 5.54. The first-order valence-electron chi connectivity index (χ1n) is 13.1. The summed E-state index contributed by atoms with van der Waals surface area (Å²) in [6, 6.07) is 0. The van der Waals surface area contributed by atoms with E-state index in [0.29, 0.717) is 19.3 Å². The number of hydrogen-bond acceptors (Lipinski definition) is 8. The molecule has 0 bridgehead atoms. The largest absolute Gasteiger partial charge is 0.469 e. The lowest BCUT2D eigenvalue weighted by molar-refractivity contribution is -0.163. The number of ketones is 2. The molecule has 214 valence electrons. The molecule has 0 saturated carbocycles. The Kier molecular flexibility index (Phi) is 12.2. The lowest BCUT2D eigenvalue weighted by atomic mass is 9.63. The van der Waals surface area contributed by atoms with Gasteiger partial charge in [0.2, 0.25) is 0 Å². The van der Waals surface area contributed by atoms with E-state index in [2.05, 4.69) is 0 Å². The number of ether oxygens (including phenoxy) is 3. The number of carbonyl (C=O) groups is 5. The Morgan fingerprint density at radius 2 is 0.757 bits per heavy atom. The molecule has 0 heterocycles. The maximum absolute atomic E-state index is 13.3. The van der Waals surface area contributed by atoms with Gasteiger partial charge in [-0.1, -0.05) is 41.5 Å². The minimum Gasteiger partial charge on any atom is -0.469 e. The highest BCUT2D eigenvalue weighted by Gasteiger charge is 2.49. The summed E-state index contributed by atoms with van der Waals surface area (Å²) in [5, 5.41) is 0. The highest BCUT2D eigenvalue weighted by atomic mass is 16.5. The smallest absolute Gasteiger partial charge is 0.311 e. The summed E-state index contributed by atoms with van der Waals surface area (Å²) in [5.41, 5.74) is -4.64. The molecule has 0 saturated heterocycles. The molecule has 0 aliphatic heterocycles. The van der Waals surface area contributed by atoms with Crippen LogP contribution in [0.3, 0.4) is 0 Å². The molecular weight excluding hydrogens is 476 g/mol. The summed E-state index contributed by atoms with van der Waals surface area (Å²) in [6.07, 6.45) is 1.62. The van der Waals surface area contributed by atoms with Crippen molar-refractivity contribution in [1.82, 2.24) is 0 Å². The number of carbonyl (C=O) groups excluding carboxylic acids is 5. The van der Waals surface area contributed by atoms with Crippen LogP contribution in [0.1, 0.15) is 107 Å². The topological polar surface area (TPSA) is 113 Å². The van der Waals surface area contributed by atoms with Gasteiger partial charge >= 0.3 is 17.9 Å². The van der Waals surface area contributed by atoms with Crippen molar-refractivity contribution in [2.45, 2.75) is 107 Å². The third-order valence-electron chi connectivity index (χ3n) is 8.13. The normalized spacial score (nSPS) is 17.0. The van der Waals surface area contributed by atoms with Gasteiger partial charge in [0.05, 0.1) is 37.6 Å². The summed E-state index contributed by atoms with van der Waals surface area (Å²) >= 11 is 0. The van der Waals surface area contributed by atoms with Crippen LogP contribution in [0.2, 0.25) is 0 Å². The van der Waals surface area contributed by atoms with Crippen LogP contribution in [-0.4, -0.2) is 50.8 Å². The molecular formula is C29H50O8. The molecule has 0 radical (unpaired) electrons. The highest BCUT2D eigenvalue weighted by Crippen LogP contribution is 2.46. The third kappa shape index (κ3) is 8.64. The number of esters is 3. The van der Waals surface area contributed by atoms with Crippen molar-refractivity contribution >= 4 is 29.5 Å². The molecule has 0 aliphatic carbocycles. The molecule has 0 aromatic heterocycles. The molecule has 0 N–H and O–H groups in total. The molecule has 3 unspecified atom stereocenters. The summed E-state index contributed by atoms with van der Waals surface area (Å²) < 4.78 is 15.0. The molecule has 8 heteroatoms. The first-order chi connectivity index (χ1) is 16.7. The van der Waals surface area contributed by atoms with Gasteiger partial charge in [-0.2, -0.15) is 0 Å². The van der Waals surface area contributed by atoms with Crippen molar-refractivity contribution in [3.63, 3.8) is 0 Å². The summed E-state index contributed by atoms with van der Waals surface area (Å²) in [4.78, 5) is 64.2. The average molecular weight is 527 g/mol. The van der Waals surface area contributed by atoms with Crippen LogP contribution in [0.25, 0.3) is 0 Å². The fourth-order valence-electron chi connectivity index (χ4n) is 5.54. The Morgan fingerprint density at radius 1 is 0.486 bits per heavy atom. The van der Waals surface area contributed by atoms with E-state index in [-0.39, 0.29) is 43.2 Å². The summed E-state index contributed by atoms with van der Waals surface area (Å²) in [7, 11) is 3.93. The zero-order chi connectivity index (χ0) is 29.5. The van der Waals surface area contributed by atoms with E-state index < -0.39 is 39.0 Å². The van der Waals surface area contributed by atoms with E-state index in [4.69, 9.17) is 14.2 Å². The standard InChI is InChI=1S/C29H50O8/c1-13-27(7,22(32)35-10)17-25(3,4)20(30)15-16-21(31)26(5,6)18-29(9,24(34)37-12)19-28(8,14-2)23(33)36-11/h13-19H2,1-12H3. The van der Waals surface area contributed by atoms with Crippen LogP contribution < -0.4 is 0 Å². The summed E-state index contributed by atoms with van der Waals surface area (Å²) in [5.74, 6) is -1.56. The lowest BCUT2D eigenvalue weighted by Gasteiger charge is -2.39. The van der Waals surface area contributed by atoms with E-state index >= 15 is 0 Å². The second kappa shape index (κ2) is 13.0. The molecule has 0 spiro atoms. The average Bonchev–Trinajstić information content (AvgIpc) is 2.83. The van der Waals surface area contributed by atoms with Gasteiger partial charge in [0, 0.05) is 23.7 Å². The van der Waals surface area contributed by atoms with Gasteiger partial charge in [0.25, 0.3) is 0 Å². The molecule has 37 heavy (non-hydrogen) atoms. The van der Waals surface area contributed by atoms with Gasteiger partial charge in [0.1, 0.15) is 11.6 Å². The quantitative estimate of drug-likeness (QED) is 0.192. The van der Waals surface area contributed by atoms with Gasteiger partial charge in [0.15, 0.2) is 0 Å².